The van der Waals surface area contributed by atoms with Gasteiger partial charge in [0, 0.05) is 12.0 Å². The van der Waals surface area contributed by atoms with Crippen molar-refractivity contribution in [1.82, 2.24) is 4.90 Å². The monoisotopic (exact) mass is 269 g/mol. The summed E-state index contributed by atoms with van der Waals surface area (Å²) in [5.41, 5.74) is 0. The van der Waals surface area contributed by atoms with Crippen LogP contribution in [0.2, 0.25) is 0 Å². The van der Waals surface area contributed by atoms with E-state index in [0.717, 1.165) is 0 Å². The summed E-state index contributed by atoms with van der Waals surface area (Å²) in [6.45, 7) is 1.70. The van der Waals surface area contributed by atoms with Gasteiger partial charge in [0.2, 0.25) is 0 Å². The number of aliphatic carboxylic acids is 2. The number of carboxylic acids is 2. The van der Waals surface area contributed by atoms with Crippen molar-refractivity contribution >= 4 is 18.0 Å². The molecule has 3 rings (SSSR count). The summed E-state index contributed by atoms with van der Waals surface area (Å²) in [6, 6.07) is -1.19. The Kier molecular flexibility index (Phi) is 3.21. The van der Waals surface area contributed by atoms with Crippen molar-refractivity contribution in [2.24, 2.45) is 17.8 Å². The molecule has 1 fully saturated rings. The molecule has 0 aromatic rings. The molecule has 1 aliphatic carbocycles. The number of hydrogen-bond acceptors (Lipinski definition) is 4. The number of ether oxygens (including phenoxy) is 1. The Balaban J connectivity index is 2.45. The Morgan fingerprint density at radius 1 is 1.11 bits per heavy atom. The van der Waals surface area contributed by atoms with E-state index in [9.17, 15) is 24.6 Å². The van der Waals surface area contributed by atoms with Crippen LogP contribution in [0.15, 0.2) is 12.2 Å². The van der Waals surface area contributed by atoms with Crippen LogP contribution in [-0.4, -0.2) is 52.3 Å². The molecule has 0 spiro atoms. The van der Waals surface area contributed by atoms with Gasteiger partial charge in [-0.25, -0.2) is 4.79 Å². The van der Waals surface area contributed by atoms with Gasteiger partial charge in [-0.2, -0.15) is 0 Å². The molecule has 0 unspecified atom stereocenters. The topological polar surface area (TPSA) is 104 Å². The second kappa shape index (κ2) is 4.56. The van der Waals surface area contributed by atoms with Gasteiger partial charge in [-0.15, -0.1) is 0 Å². The lowest BCUT2D eigenvalue weighted by molar-refractivity contribution is -0.164. The van der Waals surface area contributed by atoms with Crippen LogP contribution in [0.25, 0.3) is 0 Å². The summed E-state index contributed by atoms with van der Waals surface area (Å²) in [5.74, 6) is -5.07. The van der Waals surface area contributed by atoms with Crippen molar-refractivity contribution in [1.29, 1.82) is 0 Å². The zero-order chi connectivity index (χ0) is 14.3. The minimum Gasteiger partial charge on any atom is -0.481 e. The second-order valence-electron chi connectivity index (χ2n) is 4.80. The number of hydrogen-bond donors (Lipinski definition) is 2. The maximum Gasteiger partial charge on any atom is 0.410 e. The first-order valence-electron chi connectivity index (χ1n) is 5.90. The molecule has 5 atom stereocenters. The largest absolute Gasteiger partial charge is 0.481 e. The summed E-state index contributed by atoms with van der Waals surface area (Å²) < 4.78 is 4.65. The van der Waals surface area contributed by atoms with E-state index in [1.807, 2.05) is 0 Å². The standard InChI is InChI=1S/C12H15NO6/c1-5-6-3-4-7(13(5)12(18)19-2)9(11(16)17)8(6)10(14)15/h3-9H,1-2H3,(H,14,15)(H,16,17)/t5-,6-,7+,8-,9+/m1/s1. The summed E-state index contributed by atoms with van der Waals surface area (Å²) in [4.78, 5) is 35.7. The van der Waals surface area contributed by atoms with Gasteiger partial charge in [-0.3, -0.25) is 14.5 Å². The van der Waals surface area contributed by atoms with Crippen LogP contribution in [0.1, 0.15) is 6.92 Å². The van der Waals surface area contributed by atoms with Crippen molar-refractivity contribution in [2.45, 2.75) is 19.0 Å². The quantitative estimate of drug-likeness (QED) is 0.704. The third-order valence-electron chi connectivity index (χ3n) is 3.97. The Bertz CT molecular complexity index is 459. The van der Waals surface area contributed by atoms with Crippen LogP contribution in [0.5, 0.6) is 0 Å². The molecule has 0 radical (unpaired) electrons. The number of carbonyl (C=O) groups is 3. The zero-order valence-corrected chi connectivity index (χ0v) is 10.5. The molecule has 0 saturated carbocycles. The van der Waals surface area contributed by atoms with Crippen molar-refractivity contribution in [3.8, 4) is 0 Å². The van der Waals surface area contributed by atoms with E-state index in [1.54, 1.807) is 19.1 Å². The third-order valence-corrected chi connectivity index (χ3v) is 3.97. The fraction of sp³-hybridized carbons (Fsp3) is 0.583. The molecule has 3 aliphatic rings. The van der Waals surface area contributed by atoms with E-state index in [4.69, 9.17) is 0 Å². The Morgan fingerprint density at radius 3 is 2.16 bits per heavy atom. The number of rotatable bonds is 2. The molecule has 7 nitrogen and oxygen atoms in total. The highest BCUT2D eigenvalue weighted by atomic mass is 16.5. The molecule has 0 aromatic carbocycles. The molecule has 2 bridgehead atoms. The van der Waals surface area contributed by atoms with E-state index in [2.05, 4.69) is 4.74 Å². The van der Waals surface area contributed by atoms with Crippen molar-refractivity contribution in [3.63, 3.8) is 0 Å². The minimum atomic E-state index is -1.22. The fourth-order valence-corrected chi connectivity index (χ4v) is 3.13. The number of amides is 1. The molecule has 1 saturated heterocycles. The highest BCUT2D eigenvalue weighted by Crippen LogP contribution is 2.43. The summed E-state index contributed by atoms with van der Waals surface area (Å²) in [7, 11) is 1.21. The molecule has 19 heavy (non-hydrogen) atoms. The summed E-state index contributed by atoms with van der Waals surface area (Å²) in [5, 5.41) is 18.5. The molecule has 2 N–H and O–H groups in total. The van der Waals surface area contributed by atoms with Gasteiger partial charge in [-0.05, 0) is 6.92 Å². The van der Waals surface area contributed by atoms with Crippen molar-refractivity contribution in [3.05, 3.63) is 12.2 Å². The van der Waals surface area contributed by atoms with Gasteiger partial charge in [0.05, 0.1) is 25.0 Å². The molecule has 104 valence electrons. The molecular formula is C12H15NO6. The van der Waals surface area contributed by atoms with Crippen LogP contribution in [0, 0.1) is 17.8 Å². The summed E-state index contributed by atoms with van der Waals surface area (Å²) >= 11 is 0. The van der Waals surface area contributed by atoms with Crippen LogP contribution in [-0.2, 0) is 14.3 Å². The normalized spacial score (nSPS) is 36.1. The lowest BCUT2D eigenvalue weighted by Gasteiger charge is -2.51. The fourth-order valence-electron chi connectivity index (χ4n) is 3.13. The van der Waals surface area contributed by atoms with E-state index in [0.29, 0.717) is 0 Å². The maximum atomic E-state index is 11.7. The predicted octanol–water partition coefficient (Wildman–Crippen LogP) is 0.413. The van der Waals surface area contributed by atoms with Crippen molar-refractivity contribution < 1.29 is 29.3 Å². The van der Waals surface area contributed by atoms with Crippen LogP contribution >= 0.6 is 0 Å². The Hall–Kier alpha value is -2.05. The third kappa shape index (κ3) is 1.85. The SMILES string of the molecule is COC(=O)N1[C@H](C)[C@H]2C=C[C@H]1[C@H](C(=O)O)[C@@H]2C(=O)O. The van der Waals surface area contributed by atoms with E-state index in [-0.39, 0.29) is 0 Å². The summed E-state index contributed by atoms with van der Waals surface area (Å²) in [6.07, 6.45) is 2.63. The lowest BCUT2D eigenvalue weighted by Crippen LogP contribution is -2.64. The highest BCUT2D eigenvalue weighted by Gasteiger charge is 2.56. The van der Waals surface area contributed by atoms with Gasteiger partial charge in [0.25, 0.3) is 0 Å². The minimum absolute atomic E-state index is 0.404. The van der Waals surface area contributed by atoms with Gasteiger partial charge in [0.1, 0.15) is 0 Å². The van der Waals surface area contributed by atoms with Crippen LogP contribution in [0.4, 0.5) is 4.79 Å². The number of nitrogens with zero attached hydrogens (tertiary/aromatic N) is 1. The van der Waals surface area contributed by atoms with E-state index >= 15 is 0 Å². The number of carbonyl (C=O) groups excluding carboxylic acids is 1. The first-order valence-corrected chi connectivity index (χ1v) is 5.90. The van der Waals surface area contributed by atoms with Gasteiger partial charge < -0.3 is 14.9 Å². The van der Waals surface area contributed by atoms with Gasteiger partial charge in [0.15, 0.2) is 0 Å². The molecule has 1 amide bonds. The molecule has 7 heteroatoms. The highest BCUT2D eigenvalue weighted by molar-refractivity contribution is 5.84. The molecular weight excluding hydrogens is 254 g/mol. The molecule has 2 aliphatic heterocycles. The number of methoxy groups -OCH3 is 1. The van der Waals surface area contributed by atoms with Gasteiger partial charge in [-0.1, -0.05) is 12.2 Å². The van der Waals surface area contributed by atoms with Gasteiger partial charge >= 0.3 is 18.0 Å². The van der Waals surface area contributed by atoms with Crippen LogP contribution in [0.3, 0.4) is 0 Å². The Labute approximate surface area is 109 Å². The molecule has 2 heterocycles. The number of fused-ring (bicyclic) bond motifs is 2. The maximum absolute atomic E-state index is 11.7. The number of piperidine rings is 1. The smallest absolute Gasteiger partial charge is 0.410 e. The number of carboxylic acid groups (broad SMARTS) is 2. The predicted molar refractivity (Wildman–Crippen MR) is 62.4 cm³/mol. The first-order chi connectivity index (χ1) is 8.90. The lowest BCUT2D eigenvalue weighted by atomic mass is 9.66. The first kappa shape index (κ1) is 13.4. The Morgan fingerprint density at radius 2 is 1.68 bits per heavy atom. The molecule has 0 aromatic heterocycles. The average Bonchev–Trinajstić information content (AvgIpc) is 2.37. The average molecular weight is 269 g/mol. The zero-order valence-electron chi connectivity index (χ0n) is 10.5. The van der Waals surface area contributed by atoms with Crippen LogP contribution < -0.4 is 0 Å². The second-order valence-corrected chi connectivity index (χ2v) is 4.80. The van der Waals surface area contributed by atoms with Crippen molar-refractivity contribution in [2.75, 3.05) is 7.11 Å². The van der Waals surface area contributed by atoms with E-state index < -0.39 is 47.9 Å². The van der Waals surface area contributed by atoms with E-state index in [1.165, 1.54) is 12.0 Å².